The fourth-order valence-electron chi connectivity index (χ4n) is 2.12. The number of benzene rings is 1. The van der Waals surface area contributed by atoms with Gasteiger partial charge in [-0.2, -0.15) is 0 Å². The van der Waals surface area contributed by atoms with Crippen LogP contribution >= 0.6 is 0 Å². The highest BCUT2D eigenvalue weighted by molar-refractivity contribution is 7.89. The summed E-state index contributed by atoms with van der Waals surface area (Å²) in [6.07, 6.45) is 0.398. The summed E-state index contributed by atoms with van der Waals surface area (Å²) in [5.74, 6) is -0.634. The molecule has 0 fully saturated rings. The van der Waals surface area contributed by atoms with Crippen molar-refractivity contribution in [2.45, 2.75) is 45.1 Å². The molecule has 5 nitrogen and oxygen atoms in total. The maximum Gasteiger partial charge on any atom is 0.308 e. The molecule has 1 aromatic rings. The molecular formula is C16H25NO4S. The lowest BCUT2D eigenvalue weighted by atomic mass is 9.94. The van der Waals surface area contributed by atoms with Gasteiger partial charge >= 0.3 is 5.97 Å². The fraction of sp³-hybridized carbons (Fsp3) is 0.562. The lowest BCUT2D eigenvalue weighted by Crippen LogP contribution is -2.40. The molecule has 0 bridgehead atoms. The number of carbonyl (C=O) groups is 1. The monoisotopic (exact) mass is 327 g/mol. The van der Waals surface area contributed by atoms with Gasteiger partial charge < -0.3 is 4.74 Å². The first-order valence-corrected chi connectivity index (χ1v) is 8.82. The molecule has 0 saturated carbocycles. The van der Waals surface area contributed by atoms with Gasteiger partial charge in [0.2, 0.25) is 10.0 Å². The lowest BCUT2D eigenvalue weighted by molar-refractivity contribution is -0.145. The highest BCUT2D eigenvalue weighted by Crippen LogP contribution is 2.18. The first-order valence-electron chi connectivity index (χ1n) is 7.34. The van der Waals surface area contributed by atoms with Crippen LogP contribution in [0.1, 0.15) is 32.8 Å². The zero-order valence-electron chi connectivity index (χ0n) is 13.8. The molecule has 0 heterocycles. The minimum Gasteiger partial charge on any atom is -0.469 e. The van der Waals surface area contributed by atoms with Crippen molar-refractivity contribution in [2.24, 2.45) is 11.8 Å². The smallest absolute Gasteiger partial charge is 0.308 e. The van der Waals surface area contributed by atoms with E-state index in [2.05, 4.69) is 4.72 Å². The summed E-state index contributed by atoms with van der Waals surface area (Å²) in [6.45, 7) is 7.48. The molecule has 0 aliphatic rings. The maximum atomic E-state index is 12.5. The number of hydrogen-bond acceptors (Lipinski definition) is 4. The largest absolute Gasteiger partial charge is 0.469 e. The first-order chi connectivity index (χ1) is 10.2. The Kier molecular flexibility index (Phi) is 6.56. The topological polar surface area (TPSA) is 72.5 Å². The van der Waals surface area contributed by atoms with E-state index in [9.17, 15) is 13.2 Å². The van der Waals surface area contributed by atoms with Crippen LogP contribution in [-0.2, 0) is 19.6 Å². The van der Waals surface area contributed by atoms with E-state index in [0.717, 1.165) is 5.56 Å². The Balaban J connectivity index is 2.90. The Morgan fingerprint density at radius 3 is 2.18 bits per heavy atom. The normalized spacial score (nSPS) is 14.6. The molecule has 1 rings (SSSR count). The second kappa shape index (κ2) is 7.74. The van der Waals surface area contributed by atoms with Gasteiger partial charge in [-0.25, -0.2) is 13.1 Å². The van der Waals surface area contributed by atoms with Gasteiger partial charge in [0.05, 0.1) is 17.9 Å². The fourth-order valence-corrected chi connectivity index (χ4v) is 3.52. The predicted octanol–water partition coefficient (Wildman–Crippen LogP) is 2.50. The summed E-state index contributed by atoms with van der Waals surface area (Å²) >= 11 is 0. The quantitative estimate of drug-likeness (QED) is 0.781. The molecule has 0 spiro atoms. The Morgan fingerprint density at radius 2 is 1.73 bits per heavy atom. The molecule has 0 saturated heterocycles. The molecule has 1 aromatic carbocycles. The highest BCUT2D eigenvalue weighted by Gasteiger charge is 2.26. The molecule has 0 radical (unpaired) electrons. The van der Waals surface area contributed by atoms with E-state index in [4.69, 9.17) is 4.74 Å². The van der Waals surface area contributed by atoms with Crippen LogP contribution in [0.5, 0.6) is 0 Å². The minimum atomic E-state index is -3.60. The van der Waals surface area contributed by atoms with Crippen molar-refractivity contribution in [2.75, 3.05) is 7.11 Å². The summed E-state index contributed by atoms with van der Waals surface area (Å²) in [4.78, 5) is 11.8. The van der Waals surface area contributed by atoms with Crippen LogP contribution in [0.4, 0.5) is 0 Å². The van der Waals surface area contributed by atoms with Crippen molar-refractivity contribution < 1.29 is 17.9 Å². The number of ether oxygens (including phenoxy) is 1. The number of sulfonamides is 1. The molecule has 1 N–H and O–H groups in total. The van der Waals surface area contributed by atoms with Crippen molar-refractivity contribution in [1.82, 2.24) is 4.72 Å². The lowest BCUT2D eigenvalue weighted by Gasteiger charge is -2.24. The van der Waals surface area contributed by atoms with Crippen LogP contribution in [0.2, 0.25) is 0 Å². The number of hydrogen-bond donors (Lipinski definition) is 1. The predicted molar refractivity (Wildman–Crippen MR) is 85.9 cm³/mol. The van der Waals surface area contributed by atoms with E-state index in [1.54, 1.807) is 31.2 Å². The third kappa shape index (κ3) is 5.10. The van der Waals surface area contributed by atoms with Gasteiger partial charge in [0.1, 0.15) is 0 Å². The zero-order valence-corrected chi connectivity index (χ0v) is 14.6. The Morgan fingerprint density at radius 1 is 1.18 bits per heavy atom. The average molecular weight is 327 g/mol. The summed E-state index contributed by atoms with van der Waals surface area (Å²) in [6, 6.07) is 6.35. The molecule has 0 aromatic heterocycles. The third-order valence-electron chi connectivity index (χ3n) is 3.65. The van der Waals surface area contributed by atoms with Crippen molar-refractivity contribution >= 4 is 16.0 Å². The maximum absolute atomic E-state index is 12.5. The summed E-state index contributed by atoms with van der Waals surface area (Å²) in [7, 11) is -2.27. The van der Waals surface area contributed by atoms with Gasteiger partial charge in [0.15, 0.2) is 0 Å². The number of carbonyl (C=O) groups excluding carboxylic acids is 1. The number of esters is 1. The van der Waals surface area contributed by atoms with Crippen LogP contribution in [0.3, 0.4) is 0 Å². The van der Waals surface area contributed by atoms with E-state index < -0.39 is 10.0 Å². The van der Waals surface area contributed by atoms with Gasteiger partial charge in [-0.05, 0) is 31.4 Å². The summed E-state index contributed by atoms with van der Waals surface area (Å²) in [5, 5.41) is 0. The molecule has 22 heavy (non-hydrogen) atoms. The zero-order chi connectivity index (χ0) is 16.9. The van der Waals surface area contributed by atoms with Crippen molar-refractivity contribution in [3.05, 3.63) is 29.8 Å². The second-order valence-corrected chi connectivity index (χ2v) is 7.66. The molecule has 2 atom stereocenters. The van der Waals surface area contributed by atoms with Crippen LogP contribution in [-0.4, -0.2) is 27.5 Å². The van der Waals surface area contributed by atoms with Gasteiger partial charge in [-0.1, -0.05) is 38.5 Å². The first kappa shape index (κ1) is 18.6. The van der Waals surface area contributed by atoms with Crippen molar-refractivity contribution in [1.29, 1.82) is 0 Å². The minimum absolute atomic E-state index is 0.0623. The van der Waals surface area contributed by atoms with Crippen LogP contribution in [0, 0.1) is 18.8 Å². The average Bonchev–Trinajstić information content (AvgIpc) is 2.45. The van der Waals surface area contributed by atoms with Gasteiger partial charge in [-0.15, -0.1) is 0 Å². The Labute approximate surface area is 133 Å². The van der Waals surface area contributed by atoms with Gasteiger partial charge in [-0.3, -0.25) is 4.79 Å². The molecular weight excluding hydrogens is 302 g/mol. The van der Waals surface area contributed by atoms with E-state index in [-0.39, 0.29) is 28.7 Å². The molecule has 124 valence electrons. The Bertz CT molecular complexity index is 593. The second-order valence-electron chi connectivity index (χ2n) is 5.94. The standard InChI is InChI=1S/C16H25NO4S/c1-11(2)15(10-13(4)16(18)21-5)17-22(19,20)14-8-6-12(3)7-9-14/h6-9,11,13,15,17H,10H2,1-5H3/t13-,15+/m0/s1. The number of aryl methyl sites for hydroxylation is 1. The van der Waals surface area contributed by atoms with E-state index >= 15 is 0 Å². The van der Waals surface area contributed by atoms with Crippen molar-refractivity contribution in [3.8, 4) is 0 Å². The number of nitrogens with one attached hydrogen (secondary N) is 1. The van der Waals surface area contributed by atoms with Gasteiger partial charge in [0.25, 0.3) is 0 Å². The number of rotatable bonds is 7. The van der Waals surface area contributed by atoms with Crippen LogP contribution in [0.25, 0.3) is 0 Å². The molecule has 6 heteroatoms. The molecule has 0 unspecified atom stereocenters. The van der Waals surface area contributed by atoms with Gasteiger partial charge in [0, 0.05) is 6.04 Å². The molecule has 0 amide bonds. The Hall–Kier alpha value is -1.40. The third-order valence-corrected chi connectivity index (χ3v) is 5.16. The number of methoxy groups -OCH3 is 1. The van der Waals surface area contributed by atoms with E-state index in [1.807, 2.05) is 20.8 Å². The van der Waals surface area contributed by atoms with E-state index in [1.165, 1.54) is 7.11 Å². The van der Waals surface area contributed by atoms with Crippen LogP contribution < -0.4 is 4.72 Å². The summed E-state index contributed by atoms with van der Waals surface area (Å²) in [5.41, 5.74) is 0.999. The molecule has 0 aliphatic heterocycles. The SMILES string of the molecule is COC(=O)[C@@H](C)C[C@@H](NS(=O)(=O)c1ccc(C)cc1)C(C)C. The van der Waals surface area contributed by atoms with Crippen LogP contribution in [0.15, 0.2) is 29.2 Å². The van der Waals surface area contributed by atoms with Crippen molar-refractivity contribution in [3.63, 3.8) is 0 Å². The summed E-state index contributed by atoms with van der Waals surface area (Å²) < 4.78 is 32.3. The van der Waals surface area contributed by atoms with E-state index in [0.29, 0.717) is 6.42 Å². The highest BCUT2D eigenvalue weighted by atomic mass is 32.2. The molecule has 0 aliphatic carbocycles.